The van der Waals surface area contributed by atoms with Crippen molar-refractivity contribution >= 4 is 17.5 Å². The molecule has 0 spiro atoms. The lowest BCUT2D eigenvalue weighted by Crippen LogP contribution is -2.28. The van der Waals surface area contributed by atoms with Crippen LogP contribution in [0.2, 0.25) is 5.02 Å². The summed E-state index contributed by atoms with van der Waals surface area (Å²) in [4.78, 5) is 11.9. The minimum absolute atomic E-state index is 0.122. The number of nitrogens with zero attached hydrogens (tertiary/aromatic N) is 1. The Labute approximate surface area is 128 Å². The average molecular weight is 305 g/mol. The van der Waals surface area contributed by atoms with Crippen molar-refractivity contribution in [1.29, 1.82) is 0 Å². The van der Waals surface area contributed by atoms with E-state index in [1.54, 1.807) is 0 Å². The van der Waals surface area contributed by atoms with Crippen molar-refractivity contribution in [2.75, 3.05) is 0 Å². The molecular formula is C16H17ClN2O2. The number of hydrogen-bond donors (Lipinski definition) is 1. The highest BCUT2D eigenvalue weighted by atomic mass is 35.5. The molecule has 0 aliphatic heterocycles. The lowest BCUT2D eigenvalue weighted by Gasteiger charge is -2.08. The molecule has 1 aliphatic rings. The van der Waals surface area contributed by atoms with E-state index >= 15 is 0 Å². The molecular weight excluding hydrogens is 288 g/mol. The zero-order chi connectivity index (χ0) is 14.7. The van der Waals surface area contributed by atoms with E-state index in [0.29, 0.717) is 17.3 Å². The molecule has 1 heterocycles. The Bertz CT molecular complexity index is 615. The van der Waals surface area contributed by atoms with Gasteiger partial charge in [0.2, 0.25) is 5.91 Å². The third-order valence-electron chi connectivity index (χ3n) is 3.86. The third-order valence-corrected chi connectivity index (χ3v) is 4.11. The molecule has 1 saturated carbocycles. The van der Waals surface area contributed by atoms with Gasteiger partial charge in [0.25, 0.3) is 0 Å². The second-order valence-electron chi connectivity index (χ2n) is 5.38. The van der Waals surface area contributed by atoms with E-state index in [2.05, 4.69) is 10.5 Å². The first-order chi connectivity index (χ1) is 10.2. The first kappa shape index (κ1) is 14.1. The smallest absolute Gasteiger partial charge is 0.223 e. The molecule has 0 saturated heterocycles. The van der Waals surface area contributed by atoms with Gasteiger partial charge < -0.3 is 9.84 Å². The monoisotopic (exact) mass is 304 g/mol. The van der Waals surface area contributed by atoms with Gasteiger partial charge in [-0.25, -0.2) is 0 Å². The van der Waals surface area contributed by atoms with E-state index in [1.807, 2.05) is 30.3 Å². The molecule has 5 heteroatoms. The summed E-state index contributed by atoms with van der Waals surface area (Å²) in [5, 5.41) is 7.63. The number of hydrogen-bond acceptors (Lipinski definition) is 3. The van der Waals surface area contributed by atoms with Crippen LogP contribution < -0.4 is 5.32 Å². The Morgan fingerprint density at radius 3 is 2.71 bits per heavy atom. The van der Waals surface area contributed by atoms with Crippen LogP contribution in [0.25, 0.3) is 11.3 Å². The Kier molecular flexibility index (Phi) is 4.25. The fraction of sp³-hybridized carbons (Fsp3) is 0.375. The van der Waals surface area contributed by atoms with Crippen LogP contribution in [0.5, 0.6) is 0 Å². The number of nitrogens with one attached hydrogen (secondary N) is 1. The van der Waals surface area contributed by atoms with Crippen LogP contribution in [-0.2, 0) is 11.3 Å². The molecule has 21 heavy (non-hydrogen) atoms. The predicted octanol–water partition coefficient (Wildman–Crippen LogP) is 3.80. The van der Waals surface area contributed by atoms with Gasteiger partial charge >= 0.3 is 0 Å². The van der Waals surface area contributed by atoms with Crippen LogP contribution in [0.1, 0.15) is 31.4 Å². The summed E-state index contributed by atoms with van der Waals surface area (Å²) in [6, 6.07) is 9.25. The fourth-order valence-electron chi connectivity index (χ4n) is 2.66. The van der Waals surface area contributed by atoms with Crippen LogP contribution in [0, 0.1) is 5.92 Å². The summed E-state index contributed by atoms with van der Waals surface area (Å²) >= 11 is 5.86. The van der Waals surface area contributed by atoms with Crippen LogP contribution in [-0.4, -0.2) is 11.1 Å². The second kappa shape index (κ2) is 6.31. The summed E-state index contributed by atoms with van der Waals surface area (Å²) in [5.41, 5.74) is 1.69. The molecule has 1 aromatic carbocycles. The Morgan fingerprint density at radius 1 is 1.29 bits per heavy atom. The molecule has 1 aromatic heterocycles. The van der Waals surface area contributed by atoms with Gasteiger partial charge in [0.15, 0.2) is 5.76 Å². The largest absolute Gasteiger partial charge is 0.359 e. The number of aromatic nitrogens is 1. The van der Waals surface area contributed by atoms with Gasteiger partial charge in [-0.2, -0.15) is 0 Å². The lowest BCUT2D eigenvalue weighted by atomic mass is 10.1. The Morgan fingerprint density at radius 2 is 2.00 bits per heavy atom. The molecule has 0 radical (unpaired) electrons. The van der Waals surface area contributed by atoms with E-state index in [4.69, 9.17) is 16.1 Å². The summed E-state index contributed by atoms with van der Waals surface area (Å²) in [6.07, 6.45) is 4.30. The Balaban J connectivity index is 1.60. The van der Waals surface area contributed by atoms with Crippen LogP contribution >= 0.6 is 11.6 Å². The molecule has 110 valence electrons. The Hall–Kier alpha value is -1.81. The maximum absolute atomic E-state index is 11.9. The number of rotatable bonds is 4. The van der Waals surface area contributed by atoms with Gasteiger partial charge in [0.1, 0.15) is 5.69 Å². The number of carbonyl (C=O) groups excluding carboxylic acids is 1. The topological polar surface area (TPSA) is 55.1 Å². The van der Waals surface area contributed by atoms with E-state index in [0.717, 1.165) is 36.9 Å². The quantitative estimate of drug-likeness (QED) is 0.934. The number of carbonyl (C=O) groups is 1. The maximum atomic E-state index is 11.9. The van der Waals surface area contributed by atoms with Gasteiger partial charge in [0.05, 0.1) is 6.54 Å². The molecule has 1 fully saturated rings. The molecule has 0 unspecified atom stereocenters. The highest BCUT2D eigenvalue weighted by Crippen LogP contribution is 2.25. The highest BCUT2D eigenvalue weighted by molar-refractivity contribution is 6.30. The van der Waals surface area contributed by atoms with E-state index in [9.17, 15) is 4.79 Å². The van der Waals surface area contributed by atoms with Gasteiger partial charge in [0, 0.05) is 22.6 Å². The summed E-state index contributed by atoms with van der Waals surface area (Å²) in [5.74, 6) is 0.951. The molecule has 1 amide bonds. The normalized spacial score (nSPS) is 15.3. The zero-order valence-corrected chi connectivity index (χ0v) is 12.4. The van der Waals surface area contributed by atoms with Crippen LogP contribution in [0.3, 0.4) is 0 Å². The van der Waals surface area contributed by atoms with Gasteiger partial charge in [-0.05, 0) is 25.0 Å². The first-order valence-corrected chi connectivity index (χ1v) is 7.59. The van der Waals surface area contributed by atoms with E-state index in [-0.39, 0.29) is 11.8 Å². The minimum atomic E-state index is 0.122. The first-order valence-electron chi connectivity index (χ1n) is 7.21. The van der Waals surface area contributed by atoms with E-state index < -0.39 is 0 Å². The lowest BCUT2D eigenvalue weighted by molar-refractivity contribution is -0.125. The molecule has 4 nitrogen and oxygen atoms in total. The second-order valence-corrected chi connectivity index (χ2v) is 5.82. The predicted molar refractivity (Wildman–Crippen MR) is 80.8 cm³/mol. The fourth-order valence-corrected chi connectivity index (χ4v) is 2.79. The molecule has 0 bridgehead atoms. The van der Waals surface area contributed by atoms with E-state index in [1.165, 1.54) is 0 Å². The SMILES string of the molecule is O=C(NCc1cc(-c2ccc(Cl)cc2)no1)C1CCCC1. The summed E-state index contributed by atoms with van der Waals surface area (Å²) < 4.78 is 5.26. The summed E-state index contributed by atoms with van der Waals surface area (Å²) in [7, 11) is 0. The van der Waals surface area contributed by atoms with Crippen molar-refractivity contribution in [1.82, 2.24) is 10.5 Å². The molecule has 1 N–H and O–H groups in total. The van der Waals surface area contributed by atoms with Crippen molar-refractivity contribution < 1.29 is 9.32 Å². The van der Waals surface area contributed by atoms with Gasteiger partial charge in [-0.15, -0.1) is 0 Å². The summed E-state index contributed by atoms with van der Waals surface area (Å²) in [6.45, 7) is 0.385. The number of benzene rings is 1. The zero-order valence-electron chi connectivity index (χ0n) is 11.6. The van der Waals surface area contributed by atoms with Crippen molar-refractivity contribution in [3.8, 4) is 11.3 Å². The molecule has 3 rings (SSSR count). The van der Waals surface area contributed by atoms with Crippen molar-refractivity contribution in [3.63, 3.8) is 0 Å². The third kappa shape index (κ3) is 3.45. The maximum Gasteiger partial charge on any atom is 0.223 e. The van der Waals surface area contributed by atoms with Gasteiger partial charge in [-0.1, -0.05) is 41.7 Å². The van der Waals surface area contributed by atoms with Crippen molar-refractivity contribution in [2.24, 2.45) is 5.92 Å². The number of amides is 1. The van der Waals surface area contributed by atoms with Crippen LogP contribution in [0.15, 0.2) is 34.9 Å². The van der Waals surface area contributed by atoms with Gasteiger partial charge in [-0.3, -0.25) is 4.79 Å². The average Bonchev–Trinajstić information content (AvgIpc) is 3.17. The number of halogens is 1. The molecule has 2 aromatic rings. The van der Waals surface area contributed by atoms with Crippen LogP contribution in [0.4, 0.5) is 0 Å². The minimum Gasteiger partial charge on any atom is -0.359 e. The van der Waals surface area contributed by atoms with Crippen molar-refractivity contribution in [3.05, 3.63) is 41.1 Å². The van der Waals surface area contributed by atoms with Crippen molar-refractivity contribution in [2.45, 2.75) is 32.2 Å². The molecule has 0 atom stereocenters. The standard InChI is InChI=1S/C16H17ClN2O2/c17-13-7-5-11(6-8-13)15-9-14(21-19-15)10-18-16(20)12-3-1-2-4-12/h5-9,12H,1-4,10H2,(H,18,20). The molecule has 1 aliphatic carbocycles. The highest BCUT2D eigenvalue weighted by Gasteiger charge is 2.22.